The summed E-state index contributed by atoms with van der Waals surface area (Å²) in [5, 5.41) is 3.87. The second-order valence-corrected chi connectivity index (χ2v) is 7.25. The maximum absolute atomic E-state index is 13.1. The lowest BCUT2D eigenvalue weighted by atomic mass is 10.2. The Morgan fingerprint density at radius 3 is 2.78 bits per heavy atom. The molecule has 0 fully saturated rings. The van der Waals surface area contributed by atoms with E-state index in [2.05, 4.69) is 15.3 Å². The molecule has 1 unspecified atom stereocenters. The van der Waals surface area contributed by atoms with Gasteiger partial charge in [0.1, 0.15) is 17.2 Å². The number of nitrogens with one attached hydrogen (secondary N) is 2. The number of H-pyrrole nitrogens is 1. The van der Waals surface area contributed by atoms with Gasteiger partial charge in [-0.15, -0.1) is 0 Å². The third kappa shape index (κ3) is 3.09. The van der Waals surface area contributed by atoms with Crippen molar-refractivity contribution in [1.82, 2.24) is 24.8 Å². The summed E-state index contributed by atoms with van der Waals surface area (Å²) in [6, 6.07) is 9.55. The van der Waals surface area contributed by atoms with E-state index in [0.717, 1.165) is 16.7 Å². The minimum Gasteiger partial charge on any atom is -0.351 e. The van der Waals surface area contributed by atoms with Crippen molar-refractivity contribution >= 4 is 22.7 Å². The number of carbonyl (C=O) groups is 2. The first-order valence-corrected chi connectivity index (χ1v) is 9.20. The molecule has 27 heavy (non-hydrogen) atoms. The molecule has 7 heteroatoms. The number of carbonyl (C=O) groups excluding carboxylic acids is 2. The molecule has 0 radical (unpaired) electrons. The number of benzene rings is 1. The third-order valence-electron chi connectivity index (χ3n) is 4.90. The number of rotatable bonds is 3. The Morgan fingerprint density at radius 1 is 1.26 bits per heavy atom. The minimum absolute atomic E-state index is 0.0498. The minimum atomic E-state index is -0.210. The van der Waals surface area contributed by atoms with Crippen molar-refractivity contribution in [3.8, 4) is 0 Å². The molecule has 1 atom stereocenters. The molecule has 0 saturated heterocycles. The molecule has 1 aliphatic rings. The standard InChI is InChI=1S/C20H23N5O2/c1-12(2)21-19(26)17-11-24-8-9-25(13(3)18(24)23-17)20(27)16-10-14-6-4-5-7-15(14)22-16/h4-7,10-13,22H,8-9H2,1-3H3,(H,21,26). The zero-order valence-corrected chi connectivity index (χ0v) is 15.7. The molecule has 2 aromatic heterocycles. The number of imidazole rings is 1. The quantitative estimate of drug-likeness (QED) is 0.749. The Morgan fingerprint density at radius 2 is 2.04 bits per heavy atom. The van der Waals surface area contributed by atoms with Crippen molar-refractivity contribution in [3.05, 3.63) is 53.7 Å². The smallest absolute Gasteiger partial charge is 0.271 e. The number of hydrogen-bond donors (Lipinski definition) is 2. The van der Waals surface area contributed by atoms with Gasteiger partial charge in [-0.3, -0.25) is 9.59 Å². The molecule has 2 N–H and O–H groups in total. The normalized spacial score (nSPS) is 16.6. The first-order valence-electron chi connectivity index (χ1n) is 9.20. The van der Waals surface area contributed by atoms with Crippen molar-refractivity contribution in [2.75, 3.05) is 6.54 Å². The van der Waals surface area contributed by atoms with Gasteiger partial charge < -0.3 is 19.8 Å². The van der Waals surface area contributed by atoms with E-state index in [1.807, 2.05) is 55.7 Å². The SMILES string of the molecule is CC(C)NC(=O)c1cn2c(n1)C(C)N(C(=O)c1cc3ccccc3[nH]1)CC2. The van der Waals surface area contributed by atoms with E-state index < -0.39 is 0 Å². The van der Waals surface area contributed by atoms with Gasteiger partial charge in [-0.05, 0) is 32.9 Å². The van der Waals surface area contributed by atoms with Crippen LogP contribution in [0.15, 0.2) is 36.5 Å². The van der Waals surface area contributed by atoms with Crippen LogP contribution in [0.25, 0.3) is 10.9 Å². The zero-order chi connectivity index (χ0) is 19.1. The summed E-state index contributed by atoms with van der Waals surface area (Å²) >= 11 is 0. The van der Waals surface area contributed by atoms with Crippen molar-refractivity contribution < 1.29 is 9.59 Å². The molecule has 3 aromatic rings. The average Bonchev–Trinajstić information content (AvgIpc) is 3.25. The molecule has 2 amide bonds. The molecule has 0 spiro atoms. The van der Waals surface area contributed by atoms with Crippen LogP contribution in [0.5, 0.6) is 0 Å². The summed E-state index contributed by atoms with van der Waals surface area (Å²) in [4.78, 5) is 34.8. The molecule has 3 heterocycles. The maximum atomic E-state index is 13.1. The van der Waals surface area contributed by atoms with Crippen LogP contribution >= 0.6 is 0 Å². The summed E-state index contributed by atoms with van der Waals surface area (Å²) in [5.41, 5.74) is 1.91. The molecule has 7 nitrogen and oxygen atoms in total. The topological polar surface area (TPSA) is 83.0 Å². The van der Waals surface area contributed by atoms with Gasteiger partial charge in [0, 0.05) is 36.2 Å². The summed E-state index contributed by atoms with van der Waals surface area (Å²) < 4.78 is 1.97. The molecule has 0 saturated carbocycles. The van der Waals surface area contributed by atoms with E-state index in [1.54, 1.807) is 11.1 Å². The summed E-state index contributed by atoms with van der Waals surface area (Å²) in [5.74, 6) is 0.494. The Labute approximate surface area is 157 Å². The summed E-state index contributed by atoms with van der Waals surface area (Å²) in [6.45, 7) is 6.97. The van der Waals surface area contributed by atoms with Gasteiger partial charge in [0.2, 0.25) is 0 Å². The zero-order valence-electron chi connectivity index (χ0n) is 15.7. The predicted molar refractivity (Wildman–Crippen MR) is 103 cm³/mol. The molecule has 1 aliphatic heterocycles. The van der Waals surface area contributed by atoms with Crippen LogP contribution < -0.4 is 5.32 Å². The van der Waals surface area contributed by atoms with Gasteiger partial charge in [0.15, 0.2) is 0 Å². The van der Waals surface area contributed by atoms with E-state index >= 15 is 0 Å². The maximum Gasteiger partial charge on any atom is 0.271 e. The van der Waals surface area contributed by atoms with Crippen molar-refractivity contribution in [1.29, 1.82) is 0 Å². The van der Waals surface area contributed by atoms with E-state index in [4.69, 9.17) is 0 Å². The van der Waals surface area contributed by atoms with Crippen molar-refractivity contribution in [2.24, 2.45) is 0 Å². The fourth-order valence-electron chi connectivity index (χ4n) is 3.56. The first-order chi connectivity index (χ1) is 12.9. The highest BCUT2D eigenvalue weighted by molar-refractivity contribution is 5.98. The van der Waals surface area contributed by atoms with Crippen LogP contribution in [0.1, 0.15) is 53.6 Å². The van der Waals surface area contributed by atoms with Gasteiger partial charge >= 0.3 is 0 Å². The lowest BCUT2D eigenvalue weighted by Crippen LogP contribution is -2.41. The van der Waals surface area contributed by atoms with Gasteiger partial charge in [-0.1, -0.05) is 18.2 Å². The van der Waals surface area contributed by atoms with Crippen LogP contribution in [0.3, 0.4) is 0 Å². The highest BCUT2D eigenvalue weighted by Crippen LogP contribution is 2.27. The molecule has 0 aliphatic carbocycles. The van der Waals surface area contributed by atoms with E-state index in [9.17, 15) is 9.59 Å². The highest BCUT2D eigenvalue weighted by Gasteiger charge is 2.31. The lowest BCUT2D eigenvalue weighted by Gasteiger charge is -2.33. The largest absolute Gasteiger partial charge is 0.351 e. The summed E-state index contributed by atoms with van der Waals surface area (Å²) in [6.07, 6.45) is 1.77. The third-order valence-corrected chi connectivity index (χ3v) is 4.90. The van der Waals surface area contributed by atoms with Crippen LogP contribution in [0.4, 0.5) is 0 Å². The second kappa shape index (κ2) is 6.57. The number of hydrogen-bond acceptors (Lipinski definition) is 3. The number of fused-ring (bicyclic) bond motifs is 2. The molecule has 4 rings (SSSR count). The van der Waals surface area contributed by atoms with E-state index in [1.165, 1.54) is 0 Å². The van der Waals surface area contributed by atoms with Crippen LogP contribution in [-0.2, 0) is 6.54 Å². The van der Waals surface area contributed by atoms with Crippen molar-refractivity contribution in [2.45, 2.75) is 39.4 Å². The summed E-state index contributed by atoms with van der Waals surface area (Å²) in [7, 11) is 0. The Balaban J connectivity index is 1.59. The fraction of sp³-hybridized carbons (Fsp3) is 0.350. The Hall–Kier alpha value is -3.09. The number of para-hydroxylation sites is 1. The molecule has 1 aromatic carbocycles. The van der Waals surface area contributed by atoms with Crippen LogP contribution in [0, 0.1) is 0 Å². The molecular formula is C20H23N5O2. The predicted octanol–water partition coefficient (Wildman–Crippen LogP) is 2.72. The molecule has 0 bridgehead atoms. The highest BCUT2D eigenvalue weighted by atomic mass is 16.2. The van der Waals surface area contributed by atoms with Gasteiger partial charge in [-0.25, -0.2) is 4.98 Å². The first kappa shape index (κ1) is 17.3. The average molecular weight is 365 g/mol. The van der Waals surface area contributed by atoms with Gasteiger partial charge in [0.25, 0.3) is 11.8 Å². The number of aromatic nitrogens is 3. The van der Waals surface area contributed by atoms with Crippen LogP contribution in [-0.4, -0.2) is 43.8 Å². The lowest BCUT2D eigenvalue weighted by molar-refractivity contribution is 0.0632. The van der Waals surface area contributed by atoms with E-state index in [0.29, 0.717) is 24.5 Å². The Kier molecular flexibility index (Phi) is 4.22. The Bertz CT molecular complexity index is 983. The van der Waals surface area contributed by atoms with E-state index in [-0.39, 0.29) is 23.9 Å². The van der Waals surface area contributed by atoms with Gasteiger partial charge in [-0.2, -0.15) is 0 Å². The number of nitrogens with zero attached hydrogens (tertiary/aromatic N) is 3. The number of aromatic amines is 1. The fourth-order valence-corrected chi connectivity index (χ4v) is 3.56. The second-order valence-electron chi connectivity index (χ2n) is 7.25. The monoisotopic (exact) mass is 365 g/mol. The van der Waals surface area contributed by atoms with Gasteiger partial charge in [0.05, 0.1) is 6.04 Å². The molecular weight excluding hydrogens is 342 g/mol. The number of amides is 2. The van der Waals surface area contributed by atoms with Crippen molar-refractivity contribution in [3.63, 3.8) is 0 Å². The van der Waals surface area contributed by atoms with Crippen LogP contribution in [0.2, 0.25) is 0 Å². The molecule has 140 valence electrons.